The molecule has 160 valence electrons. The quantitative estimate of drug-likeness (QED) is 0.371. The van der Waals surface area contributed by atoms with Gasteiger partial charge in [0.1, 0.15) is 12.4 Å². The molecule has 0 N–H and O–H groups in total. The minimum atomic E-state index is -0.207. The number of hydrogen-bond donors (Lipinski definition) is 0. The number of carbonyl (C=O) groups excluding carboxylic acids is 1. The fourth-order valence-corrected chi connectivity index (χ4v) is 4.45. The van der Waals surface area contributed by atoms with E-state index in [2.05, 4.69) is 42.5 Å². The van der Waals surface area contributed by atoms with E-state index in [1.54, 1.807) is 11.8 Å². The normalized spacial score (nSPS) is 11.7. The van der Waals surface area contributed by atoms with Gasteiger partial charge in [0.15, 0.2) is 0 Å². The van der Waals surface area contributed by atoms with Gasteiger partial charge in [-0.05, 0) is 43.7 Å². The van der Waals surface area contributed by atoms with Crippen molar-refractivity contribution in [3.05, 3.63) is 53.5 Å². The van der Waals surface area contributed by atoms with Crippen molar-refractivity contribution >= 4 is 28.6 Å². The lowest BCUT2D eigenvalue weighted by atomic mass is 10.2. The number of hydrogen-bond acceptors (Lipinski definition) is 5. The van der Waals surface area contributed by atoms with Gasteiger partial charge in [0.2, 0.25) is 0 Å². The number of rotatable bonds is 7. The van der Waals surface area contributed by atoms with Gasteiger partial charge in [-0.1, -0.05) is 26.8 Å². The molecule has 5 nitrogen and oxygen atoms in total. The first-order valence-electron chi connectivity index (χ1n) is 10.2. The van der Waals surface area contributed by atoms with Gasteiger partial charge in [-0.2, -0.15) is 0 Å². The lowest BCUT2D eigenvalue weighted by Crippen LogP contribution is -2.13. The van der Waals surface area contributed by atoms with Gasteiger partial charge in [-0.3, -0.25) is 9.78 Å². The van der Waals surface area contributed by atoms with Crippen molar-refractivity contribution in [1.82, 2.24) is 9.55 Å². The van der Waals surface area contributed by atoms with Gasteiger partial charge in [-0.25, -0.2) is 0 Å². The second kappa shape index (κ2) is 9.13. The average molecular weight is 427 g/mol. The van der Waals surface area contributed by atoms with Crippen LogP contribution >= 0.6 is 11.8 Å². The molecule has 2 heterocycles. The molecule has 2 aromatic heterocycles. The summed E-state index contributed by atoms with van der Waals surface area (Å²) in [6.45, 7) is 11.2. The first kappa shape index (κ1) is 22.2. The Morgan fingerprint density at radius 1 is 1.20 bits per heavy atom. The molecular formula is C24H30N2O3S. The molecule has 0 unspecified atom stereocenters. The molecule has 0 aliphatic rings. The Kier molecular flexibility index (Phi) is 6.76. The molecule has 0 aliphatic carbocycles. The minimum absolute atomic E-state index is 0.000372. The van der Waals surface area contributed by atoms with Crippen LogP contribution in [0.3, 0.4) is 0 Å². The number of aryl methyl sites for hydroxylation is 2. The Balaban J connectivity index is 1.96. The van der Waals surface area contributed by atoms with Crippen LogP contribution in [0, 0.1) is 6.92 Å². The molecule has 3 rings (SSSR count). The second-order valence-corrected chi connectivity index (χ2v) is 10.2. The molecule has 0 spiro atoms. The molecular weight excluding hydrogens is 396 g/mol. The standard InChI is InChI=1S/C24H30N2O3S/c1-7-28-22(27)13-21-23(30-24(3,4)5)19-12-18(10-11-20(19)26(21)6)29-15-17-9-8-16(2)14-25-17/h8-12,14H,7,13,15H2,1-6H3. The third-order valence-corrected chi connectivity index (χ3v) is 5.90. The number of carbonyl (C=O) groups is 1. The van der Waals surface area contributed by atoms with Crippen LogP contribution in [0.25, 0.3) is 10.9 Å². The maximum absolute atomic E-state index is 12.2. The number of thioether (sulfide) groups is 1. The summed E-state index contributed by atoms with van der Waals surface area (Å²) in [5.41, 5.74) is 4.06. The first-order valence-corrected chi connectivity index (χ1v) is 11.0. The van der Waals surface area contributed by atoms with Gasteiger partial charge in [0.05, 0.1) is 18.7 Å². The van der Waals surface area contributed by atoms with Gasteiger partial charge < -0.3 is 14.0 Å². The van der Waals surface area contributed by atoms with Crippen molar-refractivity contribution in [2.24, 2.45) is 7.05 Å². The summed E-state index contributed by atoms with van der Waals surface area (Å²) in [6.07, 6.45) is 2.10. The molecule has 0 amide bonds. The van der Waals surface area contributed by atoms with Crippen LogP contribution in [-0.2, 0) is 29.6 Å². The predicted molar refractivity (Wildman–Crippen MR) is 122 cm³/mol. The molecule has 0 bridgehead atoms. The highest BCUT2D eigenvalue weighted by atomic mass is 32.2. The summed E-state index contributed by atoms with van der Waals surface area (Å²) < 4.78 is 13.3. The van der Waals surface area contributed by atoms with E-state index in [1.807, 2.05) is 45.3 Å². The first-order chi connectivity index (χ1) is 14.2. The third kappa shape index (κ3) is 5.36. The number of esters is 1. The van der Waals surface area contributed by atoms with Crippen LogP contribution in [0.1, 0.15) is 44.6 Å². The van der Waals surface area contributed by atoms with Crippen LogP contribution in [0.4, 0.5) is 0 Å². The molecule has 3 aromatic rings. The Bertz CT molecular complexity index is 1030. The van der Waals surface area contributed by atoms with Gasteiger partial charge in [-0.15, -0.1) is 11.8 Å². The molecule has 0 radical (unpaired) electrons. The monoisotopic (exact) mass is 426 g/mol. The van der Waals surface area contributed by atoms with Crippen LogP contribution in [0.2, 0.25) is 0 Å². The summed E-state index contributed by atoms with van der Waals surface area (Å²) in [7, 11) is 2.00. The summed E-state index contributed by atoms with van der Waals surface area (Å²) in [5.74, 6) is 0.579. The number of benzene rings is 1. The van der Waals surface area contributed by atoms with Crippen LogP contribution < -0.4 is 4.74 Å². The van der Waals surface area contributed by atoms with E-state index < -0.39 is 0 Å². The molecule has 0 saturated heterocycles. The van der Waals surface area contributed by atoms with Crippen LogP contribution in [-0.4, -0.2) is 26.9 Å². The number of fused-ring (bicyclic) bond motifs is 1. The van der Waals surface area contributed by atoms with Crippen LogP contribution in [0.15, 0.2) is 41.4 Å². The smallest absolute Gasteiger partial charge is 0.311 e. The average Bonchev–Trinajstić information content (AvgIpc) is 2.92. The Morgan fingerprint density at radius 2 is 1.97 bits per heavy atom. The fourth-order valence-electron chi connectivity index (χ4n) is 3.24. The minimum Gasteiger partial charge on any atom is -0.487 e. The van der Waals surface area contributed by atoms with E-state index in [1.165, 1.54) is 0 Å². The van der Waals surface area contributed by atoms with E-state index in [9.17, 15) is 4.79 Å². The summed E-state index contributed by atoms with van der Waals surface area (Å²) in [4.78, 5) is 17.7. The largest absolute Gasteiger partial charge is 0.487 e. The van der Waals surface area contributed by atoms with E-state index in [-0.39, 0.29) is 17.1 Å². The number of nitrogens with zero attached hydrogens (tertiary/aromatic N) is 2. The van der Waals surface area contributed by atoms with E-state index >= 15 is 0 Å². The van der Waals surface area contributed by atoms with Gasteiger partial charge in [0, 0.05) is 39.5 Å². The zero-order valence-electron chi connectivity index (χ0n) is 18.6. The van der Waals surface area contributed by atoms with Crippen LogP contribution in [0.5, 0.6) is 5.75 Å². The van der Waals surface area contributed by atoms with Crippen molar-refractivity contribution in [2.75, 3.05) is 6.61 Å². The SMILES string of the molecule is CCOC(=O)Cc1c(SC(C)(C)C)c2cc(OCc3ccc(C)cn3)ccc2n1C. The maximum atomic E-state index is 12.2. The number of pyridine rings is 1. The summed E-state index contributed by atoms with van der Waals surface area (Å²) in [6, 6.07) is 10.1. The van der Waals surface area contributed by atoms with Crippen molar-refractivity contribution < 1.29 is 14.3 Å². The second-order valence-electron chi connectivity index (χ2n) is 8.33. The Morgan fingerprint density at radius 3 is 2.60 bits per heavy atom. The Hall–Kier alpha value is -2.47. The van der Waals surface area contributed by atoms with Crippen molar-refractivity contribution in [3.63, 3.8) is 0 Å². The highest BCUT2D eigenvalue weighted by molar-refractivity contribution is 8.00. The predicted octanol–water partition coefficient (Wildman–Crippen LogP) is 5.46. The van der Waals surface area contributed by atoms with Gasteiger partial charge >= 0.3 is 5.97 Å². The van der Waals surface area contributed by atoms with E-state index in [0.717, 1.165) is 38.5 Å². The molecule has 0 saturated carbocycles. The molecule has 6 heteroatoms. The zero-order valence-corrected chi connectivity index (χ0v) is 19.4. The molecule has 30 heavy (non-hydrogen) atoms. The summed E-state index contributed by atoms with van der Waals surface area (Å²) >= 11 is 1.77. The lowest BCUT2D eigenvalue weighted by molar-refractivity contribution is -0.142. The zero-order chi connectivity index (χ0) is 21.9. The third-order valence-electron chi connectivity index (χ3n) is 4.63. The van der Waals surface area contributed by atoms with E-state index in [4.69, 9.17) is 9.47 Å². The van der Waals surface area contributed by atoms with Crippen molar-refractivity contribution in [3.8, 4) is 5.75 Å². The number of ether oxygens (including phenoxy) is 2. The van der Waals surface area contributed by atoms with Gasteiger partial charge in [0.25, 0.3) is 0 Å². The van der Waals surface area contributed by atoms with Crippen molar-refractivity contribution in [1.29, 1.82) is 0 Å². The van der Waals surface area contributed by atoms with E-state index in [0.29, 0.717) is 13.2 Å². The molecule has 0 aliphatic heterocycles. The number of aromatic nitrogens is 2. The molecule has 0 atom stereocenters. The molecule has 1 aromatic carbocycles. The van der Waals surface area contributed by atoms with Crippen molar-refractivity contribution in [2.45, 2.75) is 57.3 Å². The highest BCUT2D eigenvalue weighted by Crippen LogP contribution is 2.42. The molecule has 0 fully saturated rings. The fraction of sp³-hybridized carbons (Fsp3) is 0.417. The summed E-state index contributed by atoms with van der Waals surface area (Å²) in [5, 5.41) is 1.09. The lowest BCUT2D eigenvalue weighted by Gasteiger charge is -2.18. The maximum Gasteiger partial charge on any atom is 0.311 e. The Labute approximate surface area is 182 Å². The topological polar surface area (TPSA) is 53.4 Å². The highest BCUT2D eigenvalue weighted by Gasteiger charge is 2.23.